The molecule has 1 aliphatic heterocycles. The molecule has 1 aliphatic rings. The number of aryl methyl sites for hydroxylation is 2. The van der Waals surface area contributed by atoms with Gasteiger partial charge in [0, 0.05) is 37.3 Å². The molecule has 0 aliphatic carbocycles. The summed E-state index contributed by atoms with van der Waals surface area (Å²) in [6.07, 6.45) is 2.92. The van der Waals surface area contributed by atoms with Crippen molar-refractivity contribution in [3.8, 4) is 5.75 Å². The number of ether oxygens (including phenoxy) is 1. The second-order valence-corrected chi connectivity index (χ2v) is 6.49. The first-order valence-electron chi connectivity index (χ1n) is 9.16. The maximum atomic E-state index is 5.27. The smallest absolute Gasteiger partial charge is 0.136 e. The summed E-state index contributed by atoms with van der Waals surface area (Å²) in [5.41, 5.74) is 3.69. The summed E-state index contributed by atoms with van der Waals surface area (Å²) in [6, 6.07) is 8.30. The van der Waals surface area contributed by atoms with Gasteiger partial charge < -0.3 is 15.0 Å². The maximum absolute atomic E-state index is 5.27. The molecule has 1 fully saturated rings. The van der Waals surface area contributed by atoms with E-state index in [1.54, 1.807) is 7.11 Å². The summed E-state index contributed by atoms with van der Waals surface area (Å²) in [5.74, 6) is 2.87. The highest BCUT2D eigenvalue weighted by Gasteiger charge is 2.19. The Morgan fingerprint density at radius 2 is 1.92 bits per heavy atom. The highest BCUT2D eigenvalue weighted by Crippen LogP contribution is 2.26. The van der Waals surface area contributed by atoms with Crippen LogP contribution < -0.4 is 15.0 Å². The van der Waals surface area contributed by atoms with Gasteiger partial charge in [-0.15, -0.1) is 0 Å². The van der Waals surface area contributed by atoms with Crippen LogP contribution in [0.2, 0.25) is 0 Å². The molecule has 2 heterocycles. The predicted molar refractivity (Wildman–Crippen MR) is 102 cm³/mol. The van der Waals surface area contributed by atoms with Crippen LogP contribution in [0.1, 0.15) is 36.0 Å². The Morgan fingerprint density at radius 1 is 1.12 bits per heavy atom. The van der Waals surface area contributed by atoms with Crippen molar-refractivity contribution in [2.24, 2.45) is 0 Å². The summed E-state index contributed by atoms with van der Waals surface area (Å²) in [6.45, 7) is 8.29. The van der Waals surface area contributed by atoms with Crippen molar-refractivity contribution >= 4 is 5.82 Å². The molecule has 0 bridgehead atoms. The second-order valence-electron chi connectivity index (χ2n) is 6.49. The molecule has 0 amide bonds. The van der Waals surface area contributed by atoms with E-state index in [0.29, 0.717) is 0 Å². The number of nitrogens with zero attached hydrogens (tertiary/aromatic N) is 3. The number of hydrogen-bond acceptors (Lipinski definition) is 5. The summed E-state index contributed by atoms with van der Waals surface area (Å²) in [7, 11) is 1.70. The largest absolute Gasteiger partial charge is 0.497 e. The average molecular weight is 340 g/mol. The van der Waals surface area contributed by atoms with Gasteiger partial charge in [-0.3, -0.25) is 0 Å². The van der Waals surface area contributed by atoms with Crippen LogP contribution in [-0.4, -0.2) is 43.3 Å². The molecule has 0 spiro atoms. The Labute approximate surface area is 150 Å². The number of anilines is 1. The Morgan fingerprint density at radius 3 is 2.64 bits per heavy atom. The molecule has 1 N–H and O–H groups in total. The number of aromatic nitrogens is 2. The monoisotopic (exact) mass is 340 g/mol. The molecule has 134 valence electrons. The van der Waals surface area contributed by atoms with Gasteiger partial charge in [0.1, 0.15) is 17.4 Å². The third-order valence-electron chi connectivity index (χ3n) is 4.70. The lowest BCUT2D eigenvalue weighted by Crippen LogP contribution is -2.30. The normalized spacial score (nSPS) is 15.1. The first-order valence-corrected chi connectivity index (χ1v) is 9.16. The number of benzene rings is 1. The van der Waals surface area contributed by atoms with Gasteiger partial charge in [-0.2, -0.15) is 0 Å². The molecule has 3 rings (SSSR count). The van der Waals surface area contributed by atoms with E-state index in [9.17, 15) is 0 Å². The van der Waals surface area contributed by atoms with Gasteiger partial charge in [0.15, 0.2) is 0 Å². The van der Waals surface area contributed by atoms with Gasteiger partial charge in [-0.25, -0.2) is 9.97 Å². The molecule has 5 nitrogen and oxygen atoms in total. The fraction of sp³-hybridized carbons (Fsp3) is 0.500. The van der Waals surface area contributed by atoms with E-state index in [1.165, 1.54) is 11.1 Å². The fourth-order valence-corrected chi connectivity index (χ4v) is 3.38. The van der Waals surface area contributed by atoms with E-state index < -0.39 is 0 Å². The lowest BCUT2D eigenvalue weighted by atomic mass is 10.0. The van der Waals surface area contributed by atoms with Crippen LogP contribution in [0.25, 0.3) is 0 Å². The Hall–Kier alpha value is -2.14. The van der Waals surface area contributed by atoms with E-state index in [2.05, 4.69) is 29.3 Å². The van der Waals surface area contributed by atoms with Crippen LogP contribution in [0, 0.1) is 6.92 Å². The lowest BCUT2D eigenvalue weighted by molar-refractivity contribution is 0.414. The zero-order valence-electron chi connectivity index (χ0n) is 15.5. The molecule has 0 unspecified atom stereocenters. The van der Waals surface area contributed by atoms with E-state index in [4.69, 9.17) is 14.7 Å². The Kier molecular flexibility index (Phi) is 5.87. The van der Waals surface area contributed by atoms with Gasteiger partial charge in [-0.1, -0.05) is 19.1 Å². The molecular weight excluding hydrogens is 312 g/mol. The van der Waals surface area contributed by atoms with Crippen molar-refractivity contribution < 1.29 is 4.74 Å². The van der Waals surface area contributed by atoms with Gasteiger partial charge >= 0.3 is 0 Å². The van der Waals surface area contributed by atoms with Gasteiger partial charge in [0.25, 0.3) is 0 Å². The summed E-state index contributed by atoms with van der Waals surface area (Å²) < 4.78 is 5.27. The van der Waals surface area contributed by atoms with Crippen molar-refractivity contribution in [2.75, 3.05) is 38.2 Å². The minimum absolute atomic E-state index is 0.854. The fourth-order valence-electron chi connectivity index (χ4n) is 3.38. The van der Waals surface area contributed by atoms with E-state index in [0.717, 1.165) is 68.5 Å². The zero-order valence-corrected chi connectivity index (χ0v) is 15.5. The molecule has 0 atom stereocenters. The van der Waals surface area contributed by atoms with Crippen molar-refractivity contribution in [3.63, 3.8) is 0 Å². The number of rotatable bonds is 5. The van der Waals surface area contributed by atoms with E-state index in [1.807, 2.05) is 19.1 Å². The molecule has 1 aromatic carbocycles. The van der Waals surface area contributed by atoms with Crippen molar-refractivity contribution in [2.45, 2.75) is 33.1 Å². The maximum Gasteiger partial charge on any atom is 0.136 e. The van der Waals surface area contributed by atoms with Crippen LogP contribution in [0.4, 0.5) is 5.82 Å². The Bertz CT molecular complexity index is 692. The van der Waals surface area contributed by atoms with Gasteiger partial charge in [0.2, 0.25) is 0 Å². The highest BCUT2D eigenvalue weighted by molar-refractivity contribution is 5.52. The first-order chi connectivity index (χ1) is 12.2. The number of hydrogen-bond donors (Lipinski definition) is 1. The topological polar surface area (TPSA) is 50.3 Å². The minimum atomic E-state index is 0.854. The molecule has 1 saturated heterocycles. The van der Waals surface area contributed by atoms with E-state index >= 15 is 0 Å². The van der Waals surface area contributed by atoms with Crippen molar-refractivity contribution in [3.05, 3.63) is 46.9 Å². The third-order valence-corrected chi connectivity index (χ3v) is 4.70. The van der Waals surface area contributed by atoms with Crippen LogP contribution in [0.15, 0.2) is 24.3 Å². The molecule has 1 aromatic heterocycles. The van der Waals surface area contributed by atoms with Crippen LogP contribution in [-0.2, 0) is 12.8 Å². The van der Waals surface area contributed by atoms with Crippen LogP contribution in [0.3, 0.4) is 0 Å². The van der Waals surface area contributed by atoms with Gasteiger partial charge in [-0.05, 0) is 44.0 Å². The lowest BCUT2D eigenvalue weighted by Gasteiger charge is -2.25. The first kappa shape index (κ1) is 17.7. The summed E-state index contributed by atoms with van der Waals surface area (Å²) >= 11 is 0. The SMILES string of the molecule is CCc1nc(C)nc(N2CCCNCC2)c1Cc1ccc(OC)cc1. The zero-order chi connectivity index (χ0) is 17.6. The molecule has 0 radical (unpaired) electrons. The van der Waals surface area contributed by atoms with Crippen molar-refractivity contribution in [1.82, 2.24) is 15.3 Å². The molecule has 25 heavy (non-hydrogen) atoms. The minimum Gasteiger partial charge on any atom is -0.497 e. The molecular formula is C20H28N4O. The second kappa shape index (κ2) is 8.30. The van der Waals surface area contributed by atoms with Crippen LogP contribution >= 0.6 is 0 Å². The quantitative estimate of drug-likeness (QED) is 0.907. The standard InChI is InChI=1S/C20H28N4O/c1-4-19-18(14-16-6-8-17(25-3)9-7-16)20(23-15(2)22-19)24-12-5-10-21-11-13-24/h6-9,21H,4-5,10-14H2,1-3H3. The number of nitrogens with one attached hydrogen (secondary N) is 1. The number of methoxy groups -OCH3 is 1. The van der Waals surface area contributed by atoms with Crippen LogP contribution in [0.5, 0.6) is 5.75 Å². The predicted octanol–water partition coefficient (Wildman–Crippen LogP) is 2.75. The third kappa shape index (κ3) is 4.28. The molecule has 5 heteroatoms. The average Bonchev–Trinajstić information content (AvgIpc) is 2.92. The Balaban J connectivity index is 1.96. The van der Waals surface area contributed by atoms with Crippen molar-refractivity contribution in [1.29, 1.82) is 0 Å². The highest BCUT2D eigenvalue weighted by atomic mass is 16.5. The molecule has 2 aromatic rings. The summed E-state index contributed by atoms with van der Waals surface area (Å²) in [4.78, 5) is 12.0. The van der Waals surface area contributed by atoms with E-state index in [-0.39, 0.29) is 0 Å². The molecule has 0 saturated carbocycles. The van der Waals surface area contributed by atoms with Gasteiger partial charge in [0.05, 0.1) is 7.11 Å². The summed E-state index contributed by atoms with van der Waals surface area (Å²) in [5, 5.41) is 3.47.